The van der Waals surface area contributed by atoms with E-state index < -0.39 is 0 Å². The van der Waals surface area contributed by atoms with E-state index in [-0.39, 0.29) is 36.6 Å². The van der Waals surface area contributed by atoms with E-state index >= 15 is 0 Å². The van der Waals surface area contributed by atoms with Crippen molar-refractivity contribution in [3.63, 3.8) is 0 Å². The second kappa shape index (κ2) is 21.6. The largest absolute Gasteiger partial charge is 0.385 e. The normalized spacial score (nSPS) is 15.6. The van der Waals surface area contributed by atoms with E-state index in [9.17, 15) is 19.2 Å². The van der Waals surface area contributed by atoms with Crippen LogP contribution in [0.4, 0.5) is 5.69 Å². The molecule has 0 saturated heterocycles. The highest BCUT2D eigenvalue weighted by Crippen LogP contribution is 2.29. The maximum absolute atomic E-state index is 14.7. The molecule has 1 aromatic carbocycles. The van der Waals surface area contributed by atoms with Crippen LogP contribution in [0, 0.1) is 0 Å². The Morgan fingerprint density at radius 3 is 1.49 bits per heavy atom. The van der Waals surface area contributed by atoms with Gasteiger partial charge in [-0.15, -0.1) is 0 Å². The minimum absolute atomic E-state index is 0.245. The number of benzene rings is 1. The van der Waals surface area contributed by atoms with Gasteiger partial charge in [0.25, 0.3) is 23.6 Å². The molecule has 0 fully saturated rings. The van der Waals surface area contributed by atoms with Gasteiger partial charge in [0.1, 0.15) is 0 Å². The van der Waals surface area contributed by atoms with Crippen LogP contribution in [0.1, 0.15) is 108 Å². The van der Waals surface area contributed by atoms with Crippen molar-refractivity contribution in [1.82, 2.24) is 34.7 Å². The molecule has 0 atom stereocenters. The summed E-state index contributed by atoms with van der Waals surface area (Å²) in [6, 6.07) is 1.79. The topological polar surface area (TPSA) is 112 Å². The van der Waals surface area contributed by atoms with Crippen LogP contribution in [0.15, 0.2) is 17.8 Å². The SMILES string of the molecule is CCN(CC)CCCNC1=CCC2=c3c(c(NCCCN(CC)CC)cc4c3=C1C(=O)N(CCCN(CC)CC)C4=O)C(=O)N(CCCN(CC)CC)C2=O. The minimum atomic E-state index is -0.374. The maximum atomic E-state index is 14.7. The quantitative estimate of drug-likeness (QED) is 0.108. The number of nitrogens with one attached hydrogen (secondary N) is 2. The average Bonchev–Trinajstić information content (AvgIpc) is 3.36. The van der Waals surface area contributed by atoms with E-state index in [0.29, 0.717) is 76.6 Å². The summed E-state index contributed by atoms with van der Waals surface area (Å²) < 4.78 is 0. The highest BCUT2D eigenvalue weighted by Gasteiger charge is 2.41. The van der Waals surface area contributed by atoms with Gasteiger partial charge in [0.05, 0.1) is 16.7 Å². The lowest BCUT2D eigenvalue weighted by molar-refractivity contribution is -0.124. The summed E-state index contributed by atoms with van der Waals surface area (Å²) in [5.41, 5.74) is 2.79. The molecular formula is C43H70N8O4. The molecule has 0 aromatic heterocycles. The lowest BCUT2D eigenvalue weighted by Gasteiger charge is -2.32. The van der Waals surface area contributed by atoms with Gasteiger partial charge in [-0.3, -0.25) is 29.0 Å². The summed E-state index contributed by atoms with van der Waals surface area (Å²) in [7, 11) is 0. The summed E-state index contributed by atoms with van der Waals surface area (Å²) in [6.45, 7) is 29.6. The van der Waals surface area contributed by atoms with Gasteiger partial charge in [0, 0.05) is 53.6 Å². The molecule has 0 radical (unpaired) electrons. The summed E-state index contributed by atoms with van der Waals surface area (Å²) in [6.07, 6.45) is 5.20. The Balaban J connectivity index is 1.87. The zero-order valence-electron chi connectivity index (χ0n) is 35.3. The first-order chi connectivity index (χ1) is 26.6. The molecule has 12 nitrogen and oxygen atoms in total. The van der Waals surface area contributed by atoms with Gasteiger partial charge in [-0.25, -0.2) is 0 Å². The smallest absolute Gasteiger partial charge is 0.263 e. The molecule has 0 bridgehead atoms. The molecule has 4 amide bonds. The van der Waals surface area contributed by atoms with Crippen molar-refractivity contribution in [1.29, 1.82) is 0 Å². The second-order valence-electron chi connectivity index (χ2n) is 14.7. The van der Waals surface area contributed by atoms with Crippen molar-refractivity contribution >= 4 is 40.5 Å². The highest BCUT2D eigenvalue weighted by atomic mass is 16.2. The lowest BCUT2D eigenvalue weighted by atomic mass is 9.89. The van der Waals surface area contributed by atoms with Crippen LogP contribution in [0.3, 0.4) is 0 Å². The number of rotatable bonds is 26. The Hall–Kier alpha value is -3.58. The zero-order chi connectivity index (χ0) is 40.1. The fourth-order valence-electron chi connectivity index (χ4n) is 8.18. The number of hydrogen-bond donors (Lipinski definition) is 2. The Labute approximate surface area is 330 Å². The molecule has 4 rings (SSSR count). The van der Waals surface area contributed by atoms with Crippen molar-refractivity contribution in [2.75, 3.05) is 110 Å². The van der Waals surface area contributed by atoms with Crippen LogP contribution in [-0.2, 0) is 9.59 Å². The predicted octanol–water partition coefficient (Wildman–Crippen LogP) is 3.17. The van der Waals surface area contributed by atoms with Gasteiger partial charge in [0.2, 0.25) is 0 Å². The number of hydrogen-bond acceptors (Lipinski definition) is 10. The molecule has 306 valence electrons. The van der Waals surface area contributed by atoms with Crippen LogP contribution in [-0.4, -0.2) is 158 Å². The van der Waals surface area contributed by atoms with Crippen LogP contribution in [0.2, 0.25) is 0 Å². The fourth-order valence-corrected chi connectivity index (χ4v) is 8.18. The molecule has 0 saturated carbocycles. The summed E-state index contributed by atoms with van der Waals surface area (Å²) in [5, 5.41) is 7.99. The summed E-state index contributed by atoms with van der Waals surface area (Å²) in [4.78, 5) is 70.5. The van der Waals surface area contributed by atoms with Crippen molar-refractivity contribution < 1.29 is 19.2 Å². The monoisotopic (exact) mass is 763 g/mol. The minimum Gasteiger partial charge on any atom is -0.385 e. The van der Waals surface area contributed by atoms with Crippen LogP contribution >= 0.6 is 0 Å². The molecule has 0 unspecified atom stereocenters. The fraction of sp³-hybridized carbons (Fsp3) is 0.674. The molecule has 2 heterocycles. The number of allylic oxidation sites excluding steroid dienone is 1. The Morgan fingerprint density at radius 1 is 0.545 bits per heavy atom. The Kier molecular flexibility index (Phi) is 17.4. The molecule has 12 heteroatoms. The van der Waals surface area contributed by atoms with Gasteiger partial charge in [-0.2, -0.15) is 0 Å². The number of imide groups is 2. The van der Waals surface area contributed by atoms with Gasteiger partial charge in [-0.1, -0.05) is 61.5 Å². The molecular weight excluding hydrogens is 693 g/mol. The van der Waals surface area contributed by atoms with E-state index in [1.807, 2.05) is 6.08 Å². The molecule has 3 aliphatic rings. The third-order valence-electron chi connectivity index (χ3n) is 11.8. The van der Waals surface area contributed by atoms with Gasteiger partial charge >= 0.3 is 0 Å². The van der Waals surface area contributed by atoms with Crippen molar-refractivity contribution in [2.45, 2.75) is 87.5 Å². The third-order valence-corrected chi connectivity index (χ3v) is 11.8. The van der Waals surface area contributed by atoms with Crippen molar-refractivity contribution in [3.8, 4) is 0 Å². The average molecular weight is 763 g/mol. The third kappa shape index (κ3) is 10.2. The molecule has 0 spiro atoms. The number of carbonyl (C=O) groups is 4. The van der Waals surface area contributed by atoms with E-state index in [1.165, 1.54) is 9.80 Å². The Bertz CT molecular complexity index is 1660. The van der Waals surface area contributed by atoms with E-state index in [0.717, 1.165) is 91.4 Å². The van der Waals surface area contributed by atoms with Crippen LogP contribution in [0.5, 0.6) is 0 Å². The second-order valence-corrected chi connectivity index (χ2v) is 14.7. The number of amides is 4. The van der Waals surface area contributed by atoms with E-state index in [2.05, 4.69) is 85.6 Å². The Morgan fingerprint density at radius 2 is 1.00 bits per heavy atom. The number of anilines is 1. The van der Waals surface area contributed by atoms with Crippen molar-refractivity contribution in [3.05, 3.63) is 39.4 Å². The molecule has 55 heavy (non-hydrogen) atoms. The zero-order valence-corrected chi connectivity index (χ0v) is 35.3. The van der Waals surface area contributed by atoms with E-state index in [4.69, 9.17) is 0 Å². The number of carbonyl (C=O) groups excluding carboxylic acids is 4. The van der Waals surface area contributed by atoms with Crippen LogP contribution < -0.4 is 21.1 Å². The van der Waals surface area contributed by atoms with Gasteiger partial charge in [0.15, 0.2) is 0 Å². The molecule has 1 aromatic rings. The van der Waals surface area contributed by atoms with Gasteiger partial charge < -0.3 is 30.2 Å². The number of nitrogens with zero attached hydrogens (tertiary/aromatic N) is 6. The lowest BCUT2D eigenvalue weighted by Crippen LogP contribution is -2.56. The predicted molar refractivity (Wildman–Crippen MR) is 223 cm³/mol. The first kappa shape index (κ1) is 44.1. The standard InChI is InChI=1S/C43H70N8O4/c1-9-46(10-2)25-17-23-44-34-22-21-32-36-37-33(41(53)51(42(54)38(34)37)30-20-28-49(15-7)16-8)31-35(45-24-18-26-47(11-3)12-4)39(36)43(55)50(40(32)52)29-19-27-48(13-5)14-6/h22,31,44-45H,9-21,23-30H2,1-8H3. The van der Waals surface area contributed by atoms with Crippen molar-refractivity contribution in [2.24, 2.45) is 0 Å². The maximum Gasteiger partial charge on any atom is 0.263 e. The molecule has 1 aliphatic carbocycles. The van der Waals surface area contributed by atoms with Gasteiger partial charge in [-0.05, 0) is 117 Å². The summed E-state index contributed by atoms with van der Waals surface area (Å²) in [5.74, 6) is -1.45. The van der Waals surface area contributed by atoms with Crippen LogP contribution in [0.25, 0.3) is 11.1 Å². The molecule has 2 aliphatic heterocycles. The first-order valence-electron chi connectivity index (χ1n) is 21.4. The summed E-state index contributed by atoms with van der Waals surface area (Å²) >= 11 is 0. The molecule has 2 N–H and O–H groups in total. The first-order valence-corrected chi connectivity index (χ1v) is 21.4. The highest BCUT2D eigenvalue weighted by molar-refractivity contribution is 6.31. The van der Waals surface area contributed by atoms with E-state index in [1.54, 1.807) is 6.07 Å².